The molecule has 1 saturated carbocycles. The monoisotopic (exact) mass is 178 g/mol. The third-order valence-electron chi connectivity index (χ3n) is 3.03. The van der Waals surface area contributed by atoms with E-state index in [0.29, 0.717) is 5.41 Å². The van der Waals surface area contributed by atoms with E-state index >= 15 is 0 Å². The molecule has 0 aromatic heterocycles. The minimum atomic E-state index is 0.511. The van der Waals surface area contributed by atoms with E-state index in [-0.39, 0.29) is 0 Å². The molecular weight excluding hydrogens is 160 g/mol. The summed E-state index contributed by atoms with van der Waals surface area (Å²) in [6.45, 7) is 5.40. The van der Waals surface area contributed by atoms with Gasteiger partial charge in [0.25, 0.3) is 0 Å². The van der Waals surface area contributed by atoms with Crippen molar-refractivity contribution < 1.29 is 4.74 Å². The zero-order valence-electron chi connectivity index (χ0n) is 8.60. The fourth-order valence-corrected chi connectivity index (χ4v) is 1.47. The van der Waals surface area contributed by atoms with Gasteiger partial charge in [0.1, 0.15) is 0 Å². The molecule has 0 unspecified atom stereocenters. The van der Waals surface area contributed by atoms with Crippen LogP contribution in [0.5, 0.6) is 0 Å². The van der Waals surface area contributed by atoms with E-state index in [4.69, 9.17) is 4.74 Å². The van der Waals surface area contributed by atoms with Gasteiger partial charge in [0, 0.05) is 11.8 Å². The molecule has 0 bridgehead atoms. The molecule has 0 aromatic rings. The predicted octanol–water partition coefficient (Wildman–Crippen LogP) is 3.43. The zero-order valence-corrected chi connectivity index (χ0v) is 8.60. The summed E-state index contributed by atoms with van der Waals surface area (Å²) < 4.78 is 5.77. The second-order valence-electron chi connectivity index (χ2n) is 4.75. The van der Waals surface area contributed by atoms with Crippen LogP contribution in [0.15, 0.2) is 23.5 Å². The van der Waals surface area contributed by atoms with Crippen LogP contribution in [0.2, 0.25) is 0 Å². The third-order valence-corrected chi connectivity index (χ3v) is 3.03. The van der Waals surface area contributed by atoms with Crippen molar-refractivity contribution in [3.05, 3.63) is 23.5 Å². The summed E-state index contributed by atoms with van der Waals surface area (Å²) in [7, 11) is 0. The highest BCUT2D eigenvalue weighted by Gasteiger charge is 2.38. The molecule has 2 rings (SSSR count). The van der Waals surface area contributed by atoms with Crippen LogP contribution < -0.4 is 0 Å². The molecule has 1 nitrogen and oxygen atoms in total. The maximum Gasteiger partial charge on any atom is 0.0963 e. The van der Waals surface area contributed by atoms with Crippen molar-refractivity contribution in [1.82, 2.24) is 0 Å². The molecule has 2 aliphatic rings. The second-order valence-corrected chi connectivity index (χ2v) is 4.75. The highest BCUT2D eigenvalue weighted by atomic mass is 16.5. The summed E-state index contributed by atoms with van der Waals surface area (Å²) in [6, 6.07) is 0. The molecule has 0 saturated heterocycles. The lowest BCUT2D eigenvalue weighted by atomic mass is 10.1. The van der Waals surface area contributed by atoms with Crippen molar-refractivity contribution in [2.45, 2.75) is 39.5 Å². The van der Waals surface area contributed by atoms with Gasteiger partial charge in [-0.25, -0.2) is 0 Å². The Morgan fingerprint density at radius 2 is 2.08 bits per heavy atom. The van der Waals surface area contributed by atoms with Crippen molar-refractivity contribution in [1.29, 1.82) is 0 Å². The lowest BCUT2D eigenvalue weighted by Crippen LogP contribution is -2.07. The topological polar surface area (TPSA) is 9.23 Å². The number of hydrogen-bond donors (Lipinski definition) is 0. The Hall–Kier alpha value is -0.720. The average molecular weight is 178 g/mol. The van der Waals surface area contributed by atoms with Crippen molar-refractivity contribution in [3.63, 3.8) is 0 Å². The van der Waals surface area contributed by atoms with Gasteiger partial charge >= 0.3 is 0 Å². The normalized spacial score (nSPS) is 24.8. The van der Waals surface area contributed by atoms with E-state index in [9.17, 15) is 0 Å². The van der Waals surface area contributed by atoms with E-state index in [2.05, 4.69) is 26.0 Å². The van der Waals surface area contributed by atoms with Gasteiger partial charge in [-0.15, -0.1) is 0 Å². The van der Waals surface area contributed by atoms with Gasteiger partial charge in [-0.2, -0.15) is 0 Å². The van der Waals surface area contributed by atoms with E-state index in [1.165, 1.54) is 30.6 Å². The van der Waals surface area contributed by atoms with Crippen molar-refractivity contribution in [2.24, 2.45) is 5.41 Å². The maximum atomic E-state index is 5.77. The van der Waals surface area contributed by atoms with Gasteiger partial charge in [0.05, 0.1) is 12.4 Å². The van der Waals surface area contributed by atoms with Crippen LogP contribution >= 0.6 is 0 Å². The molecule has 1 fully saturated rings. The van der Waals surface area contributed by atoms with Crippen LogP contribution in [0.25, 0.3) is 0 Å². The smallest absolute Gasteiger partial charge is 0.0963 e. The Bertz CT molecular complexity index is 256. The van der Waals surface area contributed by atoms with Crippen molar-refractivity contribution in [3.8, 4) is 0 Å². The van der Waals surface area contributed by atoms with E-state index in [1.807, 2.05) is 0 Å². The third kappa shape index (κ3) is 2.36. The SMILES string of the molecule is CC1=CC=C(OCC2(C)CC2)CC1. The van der Waals surface area contributed by atoms with E-state index < -0.39 is 0 Å². The maximum absolute atomic E-state index is 5.77. The Labute approximate surface area is 80.5 Å². The highest BCUT2D eigenvalue weighted by molar-refractivity contribution is 5.19. The van der Waals surface area contributed by atoms with Crippen molar-refractivity contribution in [2.75, 3.05) is 6.61 Å². The molecule has 72 valence electrons. The Kier molecular flexibility index (Phi) is 2.19. The number of rotatable bonds is 3. The first-order chi connectivity index (χ1) is 6.18. The van der Waals surface area contributed by atoms with Crippen LogP contribution in [0.4, 0.5) is 0 Å². The minimum absolute atomic E-state index is 0.511. The van der Waals surface area contributed by atoms with Crippen molar-refractivity contribution >= 4 is 0 Å². The average Bonchev–Trinajstić information content (AvgIpc) is 2.84. The number of allylic oxidation sites excluding steroid dienone is 4. The molecular formula is C12H18O. The molecule has 0 amide bonds. The highest BCUT2D eigenvalue weighted by Crippen LogP contribution is 2.45. The Balaban J connectivity index is 1.82. The zero-order chi connectivity index (χ0) is 9.31. The van der Waals surface area contributed by atoms with E-state index in [1.54, 1.807) is 0 Å². The van der Waals surface area contributed by atoms with E-state index in [0.717, 1.165) is 13.0 Å². The fraction of sp³-hybridized carbons (Fsp3) is 0.667. The number of ether oxygens (including phenoxy) is 1. The summed E-state index contributed by atoms with van der Waals surface area (Å²) in [4.78, 5) is 0. The van der Waals surface area contributed by atoms with Gasteiger partial charge in [-0.1, -0.05) is 18.6 Å². The molecule has 0 radical (unpaired) electrons. The van der Waals surface area contributed by atoms with Crippen LogP contribution in [-0.2, 0) is 4.74 Å². The molecule has 0 N–H and O–H groups in total. The molecule has 0 aromatic carbocycles. The first-order valence-electron chi connectivity index (χ1n) is 5.17. The van der Waals surface area contributed by atoms with Crippen LogP contribution in [-0.4, -0.2) is 6.61 Å². The van der Waals surface area contributed by atoms with Gasteiger partial charge in [-0.05, 0) is 32.3 Å². The fourth-order valence-electron chi connectivity index (χ4n) is 1.47. The van der Waals surface area contributed by atoms with Crippen LogP contribution in [0.1, 0.15) is 39.5 Å². The molecule has 0 spiro atoms. The Morgan fingerprint density at radius 1 is 1.31 bits per heavy atom. The summed E-state index contributed by atoms with van der Waals surface area (Å²) in [5.41, 5.74) is 1.97. The molecule has 0 heterocycles. The summed E-state index contributed by atoms with van der Waals surface area (Å²) in [5, 5.41) is 0. The Morgan fingerprint density at radius 3 is 2.62 bits per heavy atom. The van der Waals surface area contributed by atoms with Gasteiger partial charge in [-0.3, -0.25) is 0 Å². The molecule has 2 aliphatic carbocycles. The van der Waals surface area contributed by atoms with Gasteiger partial charge in [0.2, 0.25) is 0 Å². The molecule has 1 heteroatoms. The predicted molar refractivity (Wildman–Crippen MR) is 54.4 cm³/mol. The standard InChI is InChI=1S/C12H18O/c1-10-3-5-11(6-4-10)13-9-12(2)7-8-12/h3,5H,4,6-9H2,1-2H3. The summed E-state index contributed by atoms with van der Waals surface area (Å²) >= 11 is 0. The summed E-state index contributed by atoms with van der Waals surface area (Å²) in [6.07, 6.45) is 9.25. The lowest BCUT2D eigenvalue weighted by Gasteiger charge is -2.16. The largest absolute Gasteiger partial charge is 0.497 e. The molecule has 13 heavy (non-hydrogen) atoms. The minimum Gasteiger partial charge on any atom is -0.497 e. The molecule has 0 atom stereocenters. The first-order valence-corrected chi connectivity index (χ1v) is 5.17. The lowest BCUT2D eigenvalue weighted by molar-refractivity contribution is 0.154. The number of hydrogen-bond acceptors (Lipinski definition) is 1. The first kappa shape index (κ1) is 8.86. The summed E-state index contributed by atoms with van der Waals surface area (Å²) in [5.74, 6) is 1.18. The van der Waals surface area contributed by atoms with Gasteiger partial charge < -0.3 is 4.74 Å². The van der Waals surface area contributed by atoms with Crippen LogP contribution in [0, 0.1) is 5.41 Å². The van der Waals surface area contributed by atoms with Gasteiger partial charge in [0.15, 0.2) is 0 Å². The van der Waals surface area contributed by atoms with Crippen LogP contribution in [0.3, 0.4) is 0 Å². The second kappa shape index (κ2) is 3.21. The molecule has 0 aliphatic heterocycles. The quantitative estimate of drug-likeness (QED) is 0.643.